The standard InChI is InChI=1S/C11H8Cl2F2N4O2/c1-5-17-19(11(21)18(5)10(14)15)9-3-8(16-4-20)6(12)2-7(9)13/h2-4,10H,1H3,(H,16,20). The average molecular weight is 337 g/mol. The van der Waals surface area contributed by atoms with Gasteiger partial charge in [-0.1, -0.05) is 23.2 Å². The second kappa shape index (κ2) is 5.82. The molecule has 0 fully saturated rings. The maximum absolute atomic E-state index is 12.8. The van der Waals surface area contributed by atoms with Crippen molar-refractivity contribution >= 4 is 35.3 Å². The lowest BCUT2D eigenvalue weighted by molar-refractivity contribution is -0.105. The molecule has 112 valence electrons. The fourth-order valence-electron chi connectivity index (χ4n) is 1.73. The number of hydrogen-bond donors (Lipinski definition) is 1. The minimum Gasteiger partial charge on any atom is -0.327 e. The molecule has 0 aliphatic rings. The van der Waals surface area contributed by atoms with Crippen molar-refractivity contribution in [1.29, 1.82) is 0 Å². The van der Waals surface area contributed by atoms with Gasteiger partial charge in [0.25, 0.3) is 0 Å². The van der Waals surface area contributed by atoms with Gasteiger partial charge in [0.2, 0.25) is 6.41 Å². The molecular formula is C11H8Cl2F2N4O2. The van der Waals surface area contributed by atoms with E-state index < -0.39 is 12.2 Å². The number of halogens is 4. The zero-order valence-corrected chi connectivity index (χ0v) is 12.0. The summed E-state index contributed by atoms with van der Waals surface area (Å²) in [5.41, 5.74) is -0.857. The predicted molar refractivity (Wildman–Crippen MR) is 73.5 cm³/mol. The number of aromatic nitrogens is 3. The van der Waals surface area contributed by atoms with Crippen LogP contribution >= 0.6 is 23.2 Å². The first-order valence-corrected chi connectivity index (χ1v) is 6.28. The van der Waals surface area contributed by atoms with Crippen LogP contribution in [0, 0.1) is 6.92 Å². The Morgan fingerprint density at radius 2 is 2.00 bits per heavy atom. The van der Waals surface area contributed by atoms with Crippen molar-refractivity contribution in [3.63, 3.8) is 0 Å². The SMILES string of the molecule is Cc1nn(-c2cc(NC=O)c(Cl)cc2Cl)c(=O)n1C(F)F. The third-order valence-electron chi connectivity index (χ3n) is 2.65. The van der Waals surface area contributed by atoms with Crippen LogP contribution in [0.25, 0.3) is 5.69 Å². The summed E-state index contributed by atoms with van der Waals surface area (Å²) in [4.78, 5) is 22.4. The maximum atomic E-state index is 12.8. The Morgan fingerprint density at radius 3 is 2.52 bits per heavy atom. The Balaban J connectivity index is 2.67. The van der Waals surface area contributed by atoms with E-state index >= 15 is 0 Å². The van der Waals surface area contributed by atoms with Gasteiger partial charge >= 0.3 is 12.2 Å². The van der Waals surface area contributed by atoms with Crippen molar-refractivity contribution < 1.29 is 13.6 Å². The largest absolute Gasteiger partial charge is 0.355 e. The van der Waals surface area contributed by atoms with Crippen LogP contribution in [0.4, 0.5) is 14.5 Å². The smallest absolute Gasteiger partial charge is 0.327 e. The monoisotopic (exact) mass is 336 g/mol. The molecule has 0 atom stereocenters. The lowest BCUT2D eigenvalue weighted by atomic mass is 10.2. The van der Waals surface area contributed by atoms with E-state index in [-0.39, 0.29) is 31.8 Å². The summed E-state index contributed by atoms with van der Waals surface area (Å²) in [7, 11) is 0. The molecule has 1 N–H and O–H groups in total. The van der Waals surface area contributed by atoms with E-state index in [0.29, 0.717) is 6.41 Å². The summed E-state index contributed by atoms with van der Waals surface area (Å²) >= 11 is 11.8. The Bertz CT molecular complexity index is 757. The van der Waals surface area contributed by atoms with Crippen LogP contribution in [0.1, 0.15) is 12.4 Å². The van der Waals surface area contributed by atoms with Crippen LogP contribution in [0.3, 0.4) is 0 Å². The summed E-state index contributed by atoms with van der Waals surface area (Å²) in [5, 5.41) is 6.20. The highest BCUT2D eigenvalue weighted by atomic mass is 35.5. The minimum atomic E-state index is -3.02. The zero-order valence-electron chi connectivity index (χ0n) is 10.5. The summed E-state index contributed by atoms with van der Waals surface area (Å²) in [5.74, 6) is -0.175. The molecule has 0 aliphatic heterocycles. The molecule has 1 amide bonds. The number of benzene rings is 1. The van der Waals surface area contributed by atoms with Gasteiger partial charge in [-0.3, -0.25) is 4.79 Å². The van der Waals surface area contributed by atoms with Crippen molar-refractivity contribution in [2.24, 2.45) is 0 Å². The molecule has 6 nitrogen and oxygen atoms in total. The number of hydrogen-bond acceptors (Lipinski definition) is 3. The molecule has 1 aromatic carbocycles. The Kier molecular flexibility index (Phi) is 4.29. The third-order valence-corrected chi connectivity index (χ3v) is 3.27. The molecule has 1 heterocycles. The molecule has 2 rings (SSSR count). The fraction of sp³-hybridized carbons (Fsp3) is 0.182. The molecule has 0 saturated carbocycles. The molecule has 2 aromatic rings. The van der Waals surface area contributed by atoms with Crippen molar-refractivity contribution in [2.75, 3.05) is 5.32 Å². The van der Waals surface area contributed by atoms with Crippen LogP contribution in [-0.4, -0.2) is 20.8 Å². The molecule has 1 aromatic heterocycles. The molecule has 0 unspecified atom stereocenters. The van der Waals surface area contributed by atoms with E-state index in [2.05, 4.69) is 10.4 Å². The van der Waals surface area contributed by atoms with E-state index in [9.17, 15) is 18.4 Å². The van der Waals surface area contributed by atoms with Gasteiger partial charge in [-0.15, -0.1) is 5.10 Å². The van der Waals surface area contributed by atoms with Gasteiger partial charge < -0.3 is 5.32 Å². The van der Waals surface area contributed by atoms with Crippen LogP contribution in [0.5, 0.6) is 0 Å². The van der Waals surface area contributed by atoms with Crippen LogP contribution in [-0.2, 0) is 4.79 Å². The summed E-state index contributed by atoms with van der Waals surface area (Å²) in [6, 6.07) is 2.54. The lowest BCUT2D eigenvalue weighted by Crippen LogP contribution is -2.25. The van der Waals surface area contributed by atoms with E-state index in [1.165, 1.54) is 19.1 Å². The molecular weight excluding hydrogens is 329 g/mol. The first kappa shape index (κ1) is 15.5. The van der Waals surface area contributed by atoms with Crippen molar-refractivity contribution in [2.45, 2.75) is 13.5 Å². The number of nitrogens with zero attached hydrogens (tertiary/aromatic N) is 3. The molecule has 0 spiro atoms. The second-order valence-electron chi connectivity index (χ2n) is 3.93. The molecule has 0 radical (unpaired) electrons. The maximum Gasteiger partial charge on any atom is 0.355 e. The van der Waals surface area contributed by atoms with E-state index in [0.717, 1.165) is 4.68 Å². The first-order valence-electron chi connectivity index (χ1n) is 5.52. The Morgan fingerprint density at radius 1 is 1.33 bits per heavy atom. The van der Waals surface area contributed by atoms with Crippen LogP contribution in [0.15, 0.2) is 16.9 Å². The highest BCUT2D eigenvalue weighted by molar-refractivity contribution is 6.37. The first-order chi connectivity index (χ1) is 9.86. The third kappa shape index (κ3) is 2.77. The number of anilines is 1. The second-order valence-corrected chi connectivity index (χ2v) is 4.75. The number of carbonyl (C=O) groups is 1. The van der Waals surface area contributed by atoms with Crippen LogP contribution in [0.2, 0.25) is 10.0 Å². The molecule has 0 aliphatic carbocycles. The van der Waals surface area contributed by atoms with Gasteiger partial charge in [0.15, 0.2) is 0 Å². The van der Waals surface area contributed by atoms with Gasteiger partial charge in [-0.05, 0) is 19.1 Å². The summed E-state index contributed by atoms with van der Waals surface area (Å²) < 4.78 is 26.5. The van der Waals surface area contributed by atoms with Gasteiger partial charge in [0.05, 0.1) is 21.4 Å². The van der Waals surface area contributed by atoms with Crippen molar-refractivity contribution in [1.82, 2.24) is 14.3 Å². The Hall–Kier alpha value is -1.93. The number of rotatable bonds is 4. The molecule has 21 heavy (non-hydrogen) atoms. The lowest BCUT2D eigenvalue weighted by Gasteiger charge is -2.08. The number of carbonyl (C=O) groups excluding carboxylic acids is 1. The van der Waals surface area contributed by atoms with Gasteiger partial charge in [0.1, 0.15) is 5.82 Å². The van der Waals surface area contributed by atoms with Crippen molar-refractivity contribution in [3.8, 4) is 5.69 Å². The predicted octanol–water partition coefficient (Wildman–Crippen LogP) is 2.61. The average Bonchev–Trinajstić information content (AvgIpc) is 2.68. The Labute approximate surface area is 126 Å². The quantitative estimate of drug-likeness (QED) is 0.872. The van der Waals surface area contributed by atoms with Gasteiger partial charge in [-0.25, -0.2) is 9.36 Å². The van der Waals surface area contributed by atoms with E-state index in [1.807, 2.05) is 0 Å². The highest BCUT2D eigenvalue weighted by Crippen LogP contribution is 2.30. The number of amides is 1. The van der Waals surface area contributed by atoms with E-state index in [4.69, 9.17) is 23.2 Å². The molecule has 0 bridgehead atoms. The number of nitrogens with one attached hydrogen (secondary N) is 1. The molecule has 10 heteroatoms. The number of aryl methyl sites for hydroxylation is 1. The van der Waals surface area contributed by atoms with Gasteiger partial charge in [-0.2, -0.15) is 13.5 Å². The number of alkyl halides is 2. The van der Waals surface area contributed by atoms with Crippen molar-refractivity contribution in [3.05, 3.63) is 38.5 Å². The highest BCUT2D eigenvalue weighted by Gasteiger charge is 2.20. The minimum absolute atomic E-state index is 0.0254. The van der Waals surface area contributed by atoms with E-state index in [1.54, 1.807) is 0 Å². The van der Waals surface area contributed by atoms with Crippen LogP contribution < -0.4 is 11.0 Å². The summed E-state index contributed by atoms with van der Waals surface area (Å²) in [6.07, 6.45) is 0.380. The topological polar surface area (TPSA) is 68.9 Å². The summed E-state index contributed by atoms with van der Waals surface area (Å²) in [6.45, 7) is -1.76. The zero-order chi connectivity index (χ0) is 15.7. The fourth-order valence-corrected chi connectivity index (χ4v) is 2.25. The van der Waals surface area contributed by atoms with Gasteiger partial charge in [0, 0.05) is 0 Å². The normalized spacial score (nSPS) is 11.0. The molecule has 0 saturated heterocycles.